The van der Waals surface area contributed by atoms with Crippen LogP contribution in [0.1, 0.15) is 54.0 Å². The van der Waals surface area contributed by atoms with Gasteiger partial charge in [0, 0.05) is 17.7 Å². The monoisotopic (exact) mass is 297 g/mol. The van der Waals surface area contributed by atoms with E-state index < -0.39 is 0 Å². The Morgan fingerprint density at radius 3 is 2.73 bits per heavy atom. The smallest absolute Gasteiger partial charge is 0.212 e. The van der Waals surface area contributed by atoms with E-state index in [0.717, 1.165) is 24.9 Å². The van der Waals surface area contributed by atoms with E-state index in [4.69, 9.17) is 4.84 Å². The summed E-state index contributed by atoms with van der Waals surface area (Å²) in [5, 5.41) is 4.20. The van der Waals surface area contributed by atoms with Crippen LogP contribution >= 0.6 is 0 Å². The molecule has 0 unspecified atom stereocenters. The summed E-state index contributed by atoms with van der Waals surface area (Å²) < 4.78 is 1.93. The van der Waals surface area contributed by atoms with Crippen LogP contribution in [0.15, 0.2) is 35.7 Å². The Bertz CT molecular complexity index is 731. The minimum Gasteiger partial charge on any atom is -0.396 e. The summed E-state index contributed by atoms with van der Waals surface area (Å²) in [6.45, 7) is 5.27. The number of nitrogens with zero attached hydrogens (tertiary/aromatic N) is 3. The summed E-state index contributed by atoms with van der Waals surface area (Å²) in [4.78, 5) is 22.5. The van der Waals surface area contributed by atoms with Crippen molar-refractivity contribution in [3.63, 3.8) is 0 Å². The number of unbranched alkanes of at least 4 members (excludes halogenated alkanes) is 1. The molecule has 1 aromatic carbocycles. The van der Waals surface area contributed by atoms with Crippen molar-refractivity contribution in [2.75, 3.05) is 6.61 Å². The Hall–Kier alpha value is -2.43. The highest BCUT2D eigenvalue weighted by Gasteiger charge is 2.32. The van der Waals surface area contributed by atoms with E-state index in [1.54, 1.807) is 6.33 Å². The molecule has 0 fully saturated rings. The van der Waals surface area contributed by atoms with Gasteiger partial charge in [-0.15, -0.1) is 0 Å². The second-order valence-electron chi connectivity index (χ2n) is 5.22. The van der Waals surface area contributed by atoms with Crippen LogP contribution in [0.2, 0.25) is 0 Å². The summed E-state index contributed by atoms with van der Waals surface area (Å²) in [6.07, 6.45) is 3.80. The van der Waals surface area contributed by atoms with E-state index >= 15 is 0 Å². The van der Waals surface area contributed by atoms with Gasteiger partial charge >= 0.3 is 0 Å². The van der Waals surface area contributed by atoms with Crippen molar-refractivity contribution in [1.82, 2.24) is 9.55 Å². The number of oxime groups is 1. The molecule has 1 aromatic heterocycles. The van der Waals surface area contributed by atoms with Gasteiger partial charge in [0.25, 0.3) is 0 Å². The van der Waals surface area contributed by atoms with E-state index in [1.165, 1.54) is 0 Å². The third kappa shape index (κ3) is 2.32. The number of carbonyl (C=O) groups excluding carboxylic acids is 1. The number of imidazole rings is 1. The Morgan fingerprint density at radius 2 is 2.00 bits per heavy atom. The molecule has 1 aliphatic rings. The van der Waals surface area contributed by atoms with Gasteiger partial charge in [0.15, 0.2) is 0 Å². The number of ketones is 1. The van der Waals surface area contributed by atoms with Crippen LogP contribution in [0.25, 0.3) is 0 Å². The molecular formula is C17H19N3O2. The molecule has 0 bridgehead atoms. The van der Waals surface area contributed by atoms with E-state index in [0.29, 0.717) is 29.3 Å². The van der Waals surface area contributed by atoms with Crippen molar-refractivity contribution in [1.29, 1.82) is 0 Å². The topological polar surface area (TPSA) is 56.5 Å². The predicted octanol–water partition coefficient (Wildman–Crippen LogP) is 3.02. The Morgan fingerprint density at radius 1 is 1.23 bits per heavy atom. The predicted molar refractivity (Wildman–Crippen MR) is 84.3 cm³/mol. The van der Waals surface area contributed by atoms with E-state index in [2.05, 4.69) is 17.1 Å². The van der Waals surface area contributed by atoms with Crippen LogP contribution in [0.4, 0.5) is 0 Å². The molecule has 1 heterocycles. The highest BCUT2D eigenvalue weighted by atomic mass is 16.6. The number of fused-ring (bicyclic) bond motifs is 2. The maximum Gasteiger partial charge on any atom is 0.212 e. The lowest BCUT2D eigenvalue weighted by Crippen LogP contribution is -2.24. The minimum atomic E-state index is 0.00894. The molecule has 0 aliphatic heterocycles. The molecule has 0 atom stereocenters. The van der Waals surface area contributed by atoms with Gasteiger partial charge in [-0.25, -0.2) is 4.98 Å². The number of benzene rings is 1. The molecule has 0 saturated carbocycles. The molecule has 3 rings (SSSR count). The van der Waals surface area contributed by atoms with Gasteiger partial charge in [-0.05, 0) is 13.3 Å². The van der Waals surface area contributed by atoms with Crippen molar-refractivity contribution in [3.05, 3.63) is 53.1 Å². The average molecular weight is 297 g/mol. The first kappa shape index (κ1) is 14.5. The second-order valence-corrected chi connectivity index (χ2v) is 5.22. The quantitative estimate of drug-likeness (QED) is 0.680. The van der Waals surface area contributed by atoms with Crippen molar-refractivity contribution in [3.8, 4) is 0 Å². The summed E-state index contributed by atoms with van der Waals surface area (Å²) in [6, 6.07) is 7.48. The van der Waals surface area contributed by atoms with Crippen LogP contribution < -0.4 is 0 Å². The van der Waals surface area contributed by atoms with Gasteiger partial charge in [0.1, 0.15) is 23.7 Å². The number of rotatable bonds is 5. The molecule has 0 amide bonds. The summed E-state index contributed by atoms with van der Waals surface area (Å²) in [7, 11) is 0. The lowest BCUT2D eigenvalue weighted by atomic mass is 9.89. The zero-order valence-corrected chi connectivity index (χ0v) is 12.9. The van der Waals surface area contributed by atoms with Gasteiger partial charge < -0.3 is 9.40 Å². The van der Waals surface area contributed by atoms with Gasteiger partial charge in [-0.3, -0.25) is 4.79 Å². The van der Waals surface area contributed by atoms with Crippen LogP contribution in [-0.2, 0) is 11.4 Å². The zero-order valence-electron chi connectivity index (χ0n) is 12.9. The highest BCUT2D eigenvalue weighted by Crippen LogP contribution is 2.27. The van der Waals surface area contributed by atoms with Crippen molar-refractivity contribution in [2.45, 2.75) is 33.2 Å². The summed E-state index contributed by atoms with van der Waals surface area (Å²) in [5.74, 6) is 0.00894. The fourth-order valence-electron chi connectivity index (χ4n) is 2.66. The lowest BCUT2D eigenvalue weighted by Gasteiger charge is -2.18. The third-order valence-electron chi connectivity index (χ3n) is 3.74. The standard InChI is InChI=1S/C17H19N3O2/c1-3-5-10-20-11-18-15-14(19-22-4-2)12-8-6-7-9-13(12)17(21)16(15)20/h6-9,11H,3-5,10H2,1-2H3/b19-14+. The largest absolute Gasteiger partial charge is 0.396 e. The maximum atomic E-state index is 12.8. The SMILES string of the molecule is CCCCn1cnc2c1C(=O)c1ccccc1/C2=N\OCC. The maximum absolute atomic E-state index is 12.8. The first-order chi connectivity index (χ1) is 10.8. The number of carbonyl (C=O) groups is 1. The molecule has 0 saturated heterocycles. The third-order valence-corrected chi connectivity index (χ3v) is 3.74. The molecule has 1 aliphatic carbocycles. The molecule has 5 heteroatoms. The van der Waals surface area contributed by atoms with Crippen LogP contribution in [0.3, 0.4) is 0 Å². The summed E-state index contributed by atoms with van der Waals surface area (Å²) in [5.41, 5.74) is 3.32. The fourth-order valence-corrected chi connectivity index (χ4v) is 2.66. The van der Waals surface area contributed by atoms with Crippen molar-refractivity contribution < 1.29 is 9.63 Å². The van der Waals surface area contributed by atoms with Crippen LogP contribution in [-0.4, -0.2) is 27.7 Å². The molecule has 5 nitrogen and oxygen atoms in total. The number of aromatic nitrogens is 2. The zero-order chi connectivity index (χ0) is 15.5. The normalized spacial score (nSPS) is 14.8. The summed E-state index contributed by atoms with van der Waals surface area (Å²) >= 11 is 0. The van der Waals surface area contributed by atoms with Crippen LogP contribution in [0.5, 0.6) is 0 Å². The number of hydrogen-bond acceptors (Lipinski definition) is 4. The van der Waals surface area contributed by atoms with E-state index in [-0.39, 0.29) is 5.78 Å². The first-order valence-corrected chi connectivity index (χ1v) is 7.67. The van der Waals surface area contributed by atoms with Gasteiger partial charge in [-0.1, -0.05) is 42.8 Å². The van der Waals surface area contributed by atoms with E-state index in [9.17, 15) is 4.79 Å². The highest BCUT2D eigenvalue weighted by molar-refractivity contribution is 6.28. The Kier molecular flexibility index (Phi) is 4.04. The minimum absolute atomic E-state index is 0.00894. The molecule has 0 spiro atoms. The molecular weight excluding hydrogens is 278 g/mol. The number of hydrogen-bond donors (Lipinski definition) is 0. The van der Waals surface area contributed by atoms with Gasteiger partial charge in [0.05, 0.1) is 6.33 Å². The molecule has 0 radical (unpaired) electrons. The van der Waals surface area contributed by atoms with Gasteiger partial charge in [-0.2, -0.15) is 0 Å². The Labute approximate surface area is 129 Å². The molecule has 0 N–H and O–H groups in total. The molecule has 114 valence electrons. The van der Waals surface area contributed by atoms with Crippen LogP contribution in [0, 0.1) is 0 Å². The molecule has 2 aromatic rings. The lowest BCUT2D eigenvalue weighted by molar-refractivity contribution is 0.102. The van der Waals surface area contributed by atoms with Gasteiger partial charge in [0.2, 0.25) is 5.78 Å². The van der Waals surface area contributed by atoms with Crippen molar-refractivity contribution in [2.24, 2.45) is 5.16 Å². The molecule has 22 heavy (non-hydrogen) atoms. The second kappa shape index (κ2) is 6.13. The van der Waals surface area contributed by atoms with E-state index in [1.807, 2.05) is 35.8 Å². The number of aryl methyl sites for hydroxylation is 1. The van der Waals surface area contributed by atoms with Crippen molar-refractivity contribution >= 4 is 11.5 Å². The first-order valence-electron chi connectivity index (χ1n) is 7.67. The fraction of sp³-hybridized carbons (Fsp3) is 0.353. The Balaban J connectivity index is 2.14. The average Bonchev–Trinajstić information content (AvgIpc) is 2.97.